The molecule has 0 aliphatic heterocycles. The first-order valence-corrected chi connectivity index (χ1v) is 6.23. The number of aromatic nitrogens is 1. The first-order valence-electron chi connectivity index (χ1n) is 6.23. The van der Waals surface area contributed by atoms with Crippen molar-refractivity contribution in [2.24, 2.45) is 0 Å². The summed E-state index contributed by atoms with van der Waals surface area (Å²) in [6, 6.07) is 8.24. The molecule has 0 radical (unpaired) electrons. The summed E-state index contributed by atoms with van der Waals surface area (Å²) in [5, 5.41) is 2.23. The lowest BCUT2D eigenvalue weighted by Crippen LogP contribution is -2.08. The standard InChI is InChI=1S/C15H18N2O2/c1-17(2)12-5-4-11-8-9-16-14(13(11)10-12)6-7-15(18)19-3/h4-5,8-10H,6-7H2,1-3H3. The van der Waals surface area contributed by atoms with Gasteiger partial charge in [0.2, 0.25) is 0 Å². The van der Waals surface area contributed by atoms with Gasteiger partial charge in [-0.2, -0.15) is 0 Å². The summed E-state index contributed by atoms with van der Waals surface area (Å²) in [4.78, 5) is 17.7. The third kappa shape index (κ3) is 3.02. The zero-order valence-corrected chi connectivity index (χ0v) is 11.5. The summed E-state index contributed by atoms with van der Waals surface area (Å²) < 4.78 is 4.67. The molecule has 0 bridgehead atoms. The van der Waals surface area contributed by atoms with E-state index in [4.69, 9.17) is 0 Å². The van der Waals surface area contributed by atoms with Gasteiger partial charge < -0.3 is 9.64 Å². The summed E-state index contributed by atoms with van der Waals surface area (Å²) in [6.07, 6.45) is 2.74. The molecule has 4 heteroatoms. The normalized spacial score (nSPS) is 10.5. The Labute approximate surface area is 113 Å². The van der Waals surface area contributed by atoms with Crippen LogP contribution < -0.4 is 4.90 Å². The highest BCUT2D eigenvalue weighted by Gasteiger charge is 2.07. The van der Waals surface area contributed by atoms with Crippen LogP contribution in [0.4, 0.5) is 5.69 Å². The fourth-order valence-corrected chi connectivity index (χ4v) is 2.02. The molecule has 0 amide bonds. The zero-order valence-electron chi connectivity index (χ0n) is 11.5. The Morgan fingerprint density at radius 3 is 2.79 bits per heavy atom. The maximum absolute atomic E-state index is 11.2. The Balaban J connectivity index is 2.36. The quantitative estimate of drug-likeness (QED) is 0.790. The topological polar surface area (TPSA) is 42.4 Å². The second-order valence-electron chi connectivity index (χ2n) is 4.63. The van der Waals surface area contributed by atoms with Gasteiger partial charge >= 0.3 is 5.97 Å². The van der Waals surface area contributed by atoms with Crippen molar-refractivity contribution in [3.8, 4) is 0 Å². The van der Waals surface area contributed by atoms with Crippen LogP contribution in [-0.2, 0) is 16.0 Å². The lowest BCUT2D eigenvalue weighted by atomic mass is 10.1. The van der Waals surface area contributed by atoms with Crippen LogP contribution in [0, 0.1) is 0 Å². The number of pyridine rings is 1. The number of fused-ring (bicyclic) bond motifs is 1. The molecular weight excluding hydrogens is 240 g/mol. The number of rotatable bonds is 4. The summed E-state index contributed by atoms with van der Waals surface area (Å²) in [5.74, 6) is -0.206. The van der Waals surface area contributed by atoms with Crippen molar-refractivity contribution >= 4 is 22.4 Å². The van der Waals surface area contributed by atoms with Crippen molar-refractivity contribution in [1.29, 1.82) is 0 Å². The van der Waals surface area contributed by atoms with E-state index in [9.17, 15) is 4.79 Å². The second kappa shape index (κ2) is 5.69. The third-order valence-corrected chi connectivity index (χ3v) is 3.14. The zero-order chi connectivity index (χ0) is 13.8. The molecule has 0 N–H and O–H groups in total. The highest BCUT2D eigenvalue weighted by atomic mass is 16.5. The van der Waals surface area contributed by atoms with Gasteiger partial charge in [-0.15, -0.1) is 0 Å². The molecule has 2 aromatic rings. The van der Waals surface area contributed by atoms with Crippen molar-refractivity contribution < 1.29 is 9.53 Å². The van der Waals surface area contributed by atoms with Crippen LogP contribution >= 0.6 is 0 Å². The second-order valence-corrected chi connectivity index (χ2v) is 4.63. The molecule has 4 nitrogen and oxygen atoms in total. The van der Waals surface area contributed by atoms with Crippen LogP contribution in [-0.4, -0.2) is 32.2 Å². The maximum Gasteiger partial charge on any atom is 0.305 e. The lowest BCUT2D eigenvalue weighted by molar-refractivity contribution is -0.140. The van der Waals surface area contributed by atoms with E-state index in [-0.39, 0.29) is 5.97 Å². The number of ether oxygens (including phenoxy) is 1. The molecule has 0 spiro atoms. The first-order chi connectivity index (χ1) is 9.11. The van der Waals surface area contributed by atoms with Crippen molar-refractivity contribution in [2.75, 3.05) is 26.1 Å². The van der Waals surface area contributed by atoms with Gasteiger partial charge in [0.05, 0.1) is 13.5 Å². The van der Waals surface area contributed by atoms with E-state index in [1.165, 1.54) is 7.11 Å². The van der Waals surface area contributed by atoms with Crippen LogP contribution in [0.2, 0.25) is 0 Å². The molecule has 19 heavy (non-hydrogen) atoms. The van der Waals surface area contributed by atoms with Crippen LogP contribution in [0.5, 0.6) is 0 Å². The summed E-state index contributed by atoms with van der Waals surface area (Å²) in [6.45, 7) is 0. The largest absolute Gasteiger partial charge is 0.469 e. The van der Waals surface area contributed by atoms with E-state index in [1.54, 1.807) is 6.20 Å². The Bertz CT molecular complexity index is 594. The Morgan fingerprint density at radius 2 is 2.11 bits per heavy atom. The first kappa shape index (κ1) is 13.3. The molecule has 0 atom stereocenters. The highest BCUT2D eigenvalue weighted by Crippen LogP contribution is 2.23. The van der Waals surface area contributed by atoms with Gasteiger partial charge in [0.1, 0.15) is 0 Å². The molecule has 1 aromatic heterocycles. The van der Waals surface area contributed by atoms with Crippen LogP contribution in [0.15, 0.2) is 30.5 Å². The van der Waals surface area contributed by atoms with Crippen molar-refractivity contribution in [1.82, 2.24) is 4.98 Å². The Morgan fingerprint density at radius 1 is 1.32 bits per heavy atom. The van der Waals surface area contributed by atoms with Crippen molar-refractivity contribution in [2.45, 2.75) is 12.8 Å². The van der Waals surface area contributed by atoms with E-state index < -0.39 is 0 Å². The van der Waals surface area contributed by atoms with Gasteiger partial charge in [0.15, 0.2) is 0 Å². The number of hydrogen-bond donors (Lipinski definition) is 0. The van der Waals surface area contributed by atoms with Crippen molar-refractivity contribution in [3.05, 3.63) is 36.2 Å². The van der Waals surface area contributed by atoms with Gasteiger partial charge in [-0.3, -0.25) is 9.78 Å². The molecule has 0 saturated carbocycles. The minimum Gasteiger partial charge on any atom is -0.469 e. The minimum absolute atomic E-state index is 0.206. The molecule has 1 heterocycles. The van der Waals surface area contributed by atoms with Crippen molar-refractivity contribution in [3.63, 3.8) is 0 Å². The number of aryl methyl sites for hydroxylation is 1. The number of benzene rings is 1. The van der Waals surface area contributed by atoms with E-state index in [2.05, 4.69) is 32.8 Å². The van der Waals surface area contributed by atoms with Gasteiger partial charge in [-0.25, -0.2) is 0 Å². The smallest absolute Gasteiger partial charge is 0.305 e. The van der Waals surface area contributed by atoms with Crippen LogP contribution in [0.25, 0.3) is 10.8 Å². The fraction of sp³-hybridized carbons (Fsp3) is 0.333. The predicted octanol–water partition coefficient (Wildman–Crippen LogP) is 2.41. The fourth-order valence-electron chi connectivity index (χ4n) is 2.02. The van der Waals surface area contributed by atoms with E-state index in [1.807, 2.05) is 20.2 Å². The Kier molecular flexibility index (Phi) is 4.00. The Hall–Kier alpha value is -2.10. The number of hydrogen-bond acceptors (Lipinski definition) is 4. The lowest BCUT2D eigenvalue weighted by Gasteiger charge is -2.14. The number of esters is 1. The van der Waals surface area contributed by atoms with Crippen LogP contribution in [0.3, 0.4) is 0 Å². The van der Waals surface area contributed by atoms with Crippen LogP contribution in [0.1, 0.15) is 12.1 Å². The summed E-state index contributed by atoms with van der Waals surface area (Å²) in [7, 11) is 5.42. The summed E-state index contributed by atoms with van der Waals surface area (Å²) in [5.41, 5.74) is 2.06. The highest BCUT2D eigenvalue weighted by molar-refractivity contribution is 5.88. The third-order valence-electron chi connectivity index (χ3n) is 3.14. The summed E-state index contributed by atoms with van der Waals surface area (Å²) >= 11 is 0. The number of carbonyl (C=O) groups is 1. The molecule has 0 saturated heterocycles. The SMILES string of the molecule is COC(=O)CCc1nccc2ccc(N(C)C)cc12. The average molecular weight is 258 g/mol. The molecule has 0 fully saturated rings. The number of methoxy groups -OCH3 is 1. The molecule has 1 aromatic carbocycles. The van der Waals surface area contributed by atoms with Gasteiger partial charge in [-0.1, -0.05) is 6.07 Å². The molecule has 100 valence electrons. The monoisotopic (exact) mass is 258 g/mol. The van der Waals surface area contributed by atoms with Gasteiger partial charge in [0.25, 0.3) is 0 Å². The number of nitrogens with zero attached hydrogens (tertiary/aromatic N) is 2. The maximum atomic E-state index is 11.2. The van der Waals surface area contributed by atoms with Gasteiger partial charge in [0, 0.05) is 43.5 Å². The van der Waals surface area contributed by atoms with E-state index in [0.717, 1.165) is 22.2 Å². The molecule has 2 rings (SSSR count). The van der Waals surface area contributed by atoms with Gasteiger partial charge in [-0.05, 0) is 23.6 Å². The minimum atomic E-state index is -0.206. The van der Waals surface area contributed by atoms with E-state index in [0.29, 0.717) is 12.8 Å². The molecule has 0 aliphatic rings. The molecule has 0 aliphatic carbocycles. The molecular formula is C15H18N2O2. The predicted molar refractivity (Wildman–Crippen MR) is 76.4 cm³/mol. The number of anilines is 1. The van der Waals surface area contributed by atoms with E-state index >= 15 is 0 Å². The average Bonchev–Trinajstić information content (AvgIpc) is 2.43. The number of carbonyl (C=O) groups excluding carboxylic acids is 1. The molecule has 0 unspecified atom stereocenters.